The van der Waals surface area contributed by atoms with Gasteiger partial charge in [-0.3, -0.25) is 0 Å². The van der Waals surface area contributed by atoms with Crippen molar-refractivity contribution in [3.63, 3.8) is 0 Å². The number of aromatic nitrogens is 9. The predicted octanol–water partition coefficient (Wildman–Crippen LogP) is 2.73. The molecule has 0 atom stereocenters. The van der Waals surface area contributed by atoms with Gasteiger partial charge in [0.15, 0.2) is 27.1 Å². The first-order valence-electron chi connectivity index (χ1n) is 10.5. The fourth-order valence-corrected chi connectivity index (χ4v) is 4.63. The number of nitrogens with zero attached hydrogens (tertiary/aromatic N) is 9. The molecule has 4 heterocycles. The van der Waals surface area contributed by atoms with E-state index in [-0.39, 0.29) is 44.9 Å². The van der Waals surface area contributed by atoms with Gasteiger partial charge in [-0.15, -0.1) is 15.3 Å². The van der Waals surface area contributed by atoms with Gasteiger partial charge in [-0.1, -0.05) is 6.92 Å². The van der Waals surface area contributed by atoms with E-state index >= 15 is 0 Å². The fraction of sp³-hybridized carbons (Fsp3) is 0.421. The van der Waals surface area contributed by atoms with Crippen LogP contribution in [0.3, 0.4) is 0 Å². The average Bonchev–Trinajstić information content (AvgIpc) is 3.46. The van der Waals surface area contributed by atoms with Crippen molar-refractivity contribution in [1.29, 1.82) is 0 Å². The molecule has 1 aliphatic carbocycles. The summed E-state index contributed by atoms with van der Waals surface area (Å²) in [6.45, 7) is 1.42. The summed E-state index contributed by atoms with van der Waals surface area (Å²) in [6, 6.07) is 1.78. The van der Waals surface area contributed by atoms with Gasteiger partial charge in [-0.25, -0.2) is 18.4 Å². The second-order valence-electron chi connectivity index (χ2n) is 8.17. The maximum Gasteiger partial charge on any atom is 0.459 e. The highest BCUT2D eigenvalue weighted by atomic mass is 32.2. The van der Waals surface area contributed by atoms with Crippen molar-refractivity contribution < 1.29 is 30.4 Å². The Bertz CT molecular complexity index is 1590. The number of rotatable bonds is 6. The molecule has 1 fully saturated rings. The maximum absolute atomic E-state index is 13.8. The van der Waals surface area contributed by atoms with Crippen LogP contribution in [-0.2, 0) is 22.8 Å². The van der Waals surface area contributed by atoms with Crippen LogP contribution in [0.2, 0.25) is 0 Å². The second-order valence-corrected chi connectivity index (χ2v) is 10.4. The summed E-state index contributed by atoms with van der Waals surface area (Å²) in [4.78, 5) is 8.09. The van der Waals surface area contributed by atoms with Crippen molar-refractivity contribution in [1.82, 2.24) is 44.9 Å². The number of alkyl halides is 5. The highest BCUT2D eigenvalue weighted by Crippen LogP contribution is 2.43. The zero-order valence-corrected chi connectivity index (χ0v) is 19.4. The lowest BCUT2D eigenvalue weighted by Gasteiger charge is -2.17. The molecule has 0 amide bonds. The molecule has 36 heavy (non-hydrogen) atoms. The SMILES string of the molecule is CCS(=O)(=O)c1cc(-n2nnnc2C2CC2)cnc1-c1nc2cc(C(F)(F)C(F)(F)F)nnc2n1C. The topological polar surface area (TPSA) is 134 Å². The molecule has 0 unspecified atom stereocenters. The van der Waals surface area contributed by atoms with Gasteiger partial charge in [0.1, 0.15) is 16.9 Å². The molecular formula is C19H16F5N9O2S. The van der Waals surface area contributed by atoms with Crippen LogP contribution < -0.4 is 0 Å². The van der Waals surface area contributed by atoms with Gasteiger partial charge in [0, 0.05) is 13.0 Å². The number of hydrogen-bond acceptors (Lipinski definition) is 9. The zero-order valence-electron chi connectivity index (χ0n) is 18.6. The fourth-order valence-electron chi connectivity index (χ4n) is 3.58. The van der Waals surface area contributed by atoms with Crippen molar-refractivity contribution in [3.8, 4) is 17.2 Å². The Morgan fingerprint density at radius 1 is 1.08 bits per heavy atom. The molecule has 0 bridgehead atoms. The standard InChI is InChI=1S/C19H16F5N9O2S/c1-3-36(34,35)12-6-10(33-15(9-4-5-9)29-30-31-33)8-25-14(12)17-26-11-7-13(18(20,21)19(22,23)24)27-28-16(11)32(17)2/h6-9H,3-5H2,1-2H3. The molecule has 1 aliphatic rings. The van der Waals surface area contributed by atoms with E-state index in [9.17, 15) is 30.4 Å². The third-order valence-corrected chi connectivity index (χ3v) is 7.48. The average molecular weight is 529 g/mol. The largest absolute Gasteiger partial charge is 0.459 e. The summed E-state index contributed by atoms with van der Waals surface area (Å²) in [5.41, 5.74) is -1.99. The van der Waals surface area contributed by atoms with Gasteiger partial charge >= 0.3 is 12.1 Å². The van der Waals surface area contributed by atoms with Gasteiger partial charge in [0.2, 0.25) is 0 Å². The Morgan fingerprint density at radius 3 is 2.44 bits per heavy atom. The minimum atomic E-state index is -5.89. The lowest BCUT2D eigenvalue weighted by molar-refractivity contribution is -0.291. The summed E-state index contributed by atoms with van der Waals surface area (Å²) >= 11 is 0. The number of aryl methyl sites for hydroxylation is 1. The molecule has 11 nitrogen and oxygen atoms in total. The highest BCUT2D eigenvalue weighted by molar-refractivity contribution is 7.91. The molecule has 0 radical (unpaired) electrons. The van der Waals surface area contributed by atoms with Crippen LogP contribution in [0, 0.1) is 0 Å². The van der Waals surface area contributed by atoms with Gasteiger partial charge in [-0.05, 0) is 35.4 Å². The summed E-state index contributed by atoms with van der Waals surface area (Å²) < 4.78 is 94.5. The van der Waals surface area contributed by atoms with E-state index in [0.29, 0.717) is 11.9 Å². The second kappa shape index (κ2) is 7.94. The van der Waals surface area contributed by atoms with Crippen molar-refractivity contribution >= 4 is 21.0 Å². The van der Waals surface area contributed by atoms with E-state index in [1.807, 2.05) is 0 Å². The molecule has 5 rings (SSSR count). The molecule has 0 aliphatic heterocycles. The zero-order chi connectivity index (χ0) is 26.0. The summed E-state index contributed by atoms with van der Waals surface area (Å²) in [5.74, 6) is -4.98. The van der Waals surface area contributed by atoms with Gasteiger partial charge in [-0.2, -0.15) is 26.6 Å². The predicted molar refractivity (Wildman–Crippen MR) is 112 cm³/mol. The minimum absolute atomic E-state index is 0.121. The van der Waals surface area contributed by atoms with Gasteiger partial charge in [0.05, 0.1) is 22.5 Å². The van der Waals surface area contributed by atoms with Crippen molar-refractivity contribution in [2.24, 2.45) is 7.05 Å². The smallest absolute Gasteiger partial charge is 0.309 e. The van der Waals surface area contributed by atoms with E-state index in [2.05, 4.69) is 35.7 Å². The van der Waals surface area contributed by atoms with Gasteiger partial charge in [0.25, 0.3) is 0 Å². The Hall–Kier alpha value is -3.63. The number of halogens is 5. The summed E-state index contributed by atoms with van der Waals surface area (Å²) in [7, 11) is -2.54. The Morgan fingerprint density at radius 2 is 1.81 bits per heavy atom. The number of hydrogen-bond donors (Lipinski definition) is 0. The molecule has 4 aromatic rings. The number of fused-ring (bicyclic) bond motifs is 1. The van der Waals surface area contributed by atoms with Crippen LogP contribution in [0.4, 0.5) is 22.0 Å². The number of tetrazole rings is 1. The first-order valence-corrected chi connectivity index (χ1v) is 12.2. The summed E-state index contributed by atoms with van der Waals surface area (Å²) in [6.07, 6.45) is -2.78. The van der Waals surface area contributed by atoms with E-state index in [1.165, 1.54) is 35.5 Å². The lowest BCUT2D eigenvalue weighted by Crippen LogP contribution is -2.34. The molecular weight excluding hydrogens is 513 g/mol. The molecule has 4 aromatic heterocycles. The van der Waals surface area contributed by atoms with Crippen LogP contribution >= 0.6 is 0 Å². The van der Waals surface area contributed by atoms with E-state index in [4.69, 9.17) is 0 Å². The summed E-state index contributed by atoms with van der Waals surface area (Å²) in [5, 5.41) is 18.1. The first-order chi connectivity index (χ1) is 16.8. The normalized spacial score (nSPS) is 15.1. The Labute approximate surface area is 199 Å². The minimum Gasteiger partial charge on any atom is -0.309 e. The molecule has 1 saturated carbocycles. The van der Waals surface area contributed by atoms with E-state index < -0.39 is 27.6 Å². The Kier molecular flexibility index (Phi) is 5.31. The molecule has 0 saturated heterocycles. The number of pyridine rings is 1. The van der Waals surface area contributed by atoms with Crippen molar-refractivity contribution in [2.45, 2.75) is 42.7 Å². The maximum atomic E-state index is 13.8. The van der Waals surface area contributed by atoms with Crippen LogP contribution in [0.5, 0.6) is 0 Å². The first kappa shape index (κ1) is 24.1. The van der Waals surface area contributed by atoms with Crippen LogP contribution in [-0.4, -0.2) is 65.3 Å². The molecule has 0 N–H and O–H groups in total. The van der Waals surface area contributed by atoms with Crippen LogP contribution in [0.15, 0.2) is 23.2 Å². The third-order valence-electron chi connectivity index (χ3n) is 5.74. The quantitative estimate of drug-likeness (QED) is 0.346. The number of imidazole rings is 1. The number of sulfone groups is 1. The molecule has 17 heteroatoms. The Balaban J connectivity index is 1.67. The van der Waals surface area contributed by atoms with Crippen LogP contribution in [0.25, 0.3) is 28.4 Å². The van der Waals surface area contributed by atoms with Crippen LogP contribution in [0.1, 0.15) is 37.2 Å². The monoisotopic (exact) mass is 529 g/mol. The van der Waals surface area contributed by atoms with Crippen molar-refractivity contribution in [3.05, 3.63) is 29.8 Å². The lowest BCUT2D eigenvalue weighted by atomic mass is 10.2. The molecule has 0 aromatic carbocycles. The third kappa shape index (κ3) is 3.77. The van der Waals surface area contributed by atoms with E-state index in [1.54, 1.807) is 0 Å². The highest BCUT2D eigenvalue weighted by Gasteiger charge is 2.60. The molecule has 190 valence electrons. The van der Waals surface area contributed by atoms with E-state index in [0.717, 1.165) is 12.8 Å². The van der Waals surface area contributed by atoms with Crippen molar-refractivity contribution in [2.75, 3.05) is 5.75 Å². The molecule has 0 spiro atoms. The van der Waals surface area contributed by atoms with Gasteiger partial charge < -0.3 is 4.57 Å².